The highest BCUT2D eigenvalue weighted by Crippen LogP contribution is 2.11. The van der Waals surface area contributed by atoms with E-state index in [-0.39, 0.29) is 17.9 Å². The van der Waals surface area contributed by atoms with Gasteiger partial charge in [-0.1, -0.05) is 6.07 Å². The molecule has 0 saturated carbocycles. The first-order chi connectivity index (χ1) is 7.93. The number of nitrogens with two attached hydrogens (primary N) is 1. The lowest BCUT2D eigenvalue weighted by atomic mass is 10.0. The number of methoxy groups -OCH3 is 1. The summed E-state index contributed by atoms with van der Waals surface area (Å²) in [7, 11) is 1.58. The van der Waals surface area contributed by atoms with E-state index in [9.17, 15) is 4.79 Å². The van der Waals surface area contributed by atoms with Gasteiger partial charge in [0, 0.05) is 24.6 Å². The van der Waals surface area contributed by atoms with E-state index in [1.807, 2.05) is 26.0 Å². The van der Waals surface area contributed by atoms with E-state index in [0.29, 0.717) is 12.4 Å². The largest absolute Gasteiger partial charge is 0.481 e. The molecule has 17 heavy (non-hydrogen) atoms. The minimum Gasteiger partial charge on any atom is -0.481 e. The molecule has 5 heteroatoms. The first kappa shape index (κ1) is 13.4. The van der Waals surface area contributed by atoms with Crippen molar-refractivity contribution in [1.29, 1.82) is 0 Å². The molecule has 0 aromatic carbocycles. The molecule has 0 aliphatic rings. The molecule has 0 atom stereocenters. The molecule has 0 saturated heterocycles. The van der Waals surface area contributed by atoms with E-state index in [1.165, 1.54) is 0 Å². The van der Waals surface area contributed by atoms with Crippen molar-refractivity contribution in [1.82, 2.24) is 10.3 Å². The van der Waals surface area contributed by atoms with E-state index in [4.69, 9.17) is 10.5 Å². The minimum atomic E-state index is -0.337. The third-order valence-corrected chi connectivity index (χ3v) is 2.35. The van der Waals surface area contributed by atoms with Gasteiger partial charge in [0.05, 0.1) is 12.8 Å². The van der Waals surface area contributed by atoms with Crippen molar-refractivity contribution in [2.24, 2.45) is 5.73 Å². The van der Waals surface area contributed by atoms with Crippen LogP contribution < -0.4 is 15.8 Å². The van der Waals surface area contributed by atoms with Gasteiger partial charge < -0.3 is 15.8 Å². The highest BCUT2D eigenvalue weighted by molar-refractivity contribution is 5.74. The van der Waals surface area contributed by atoms with Crippen molar-refractivity contribution in [3.8, 4) is 5.88 Å². The maximum atomic E-state index is 10.9. The smallest absolute Gasteiger partial charge is 0.219 e. The number of hydrogen-bond acceptors (Lipinski definition) is 4. The average molecular weight is 237 g/mol. The number of aromatic nitrogens is 1. The van der Waals surface area contributed by atoms with E-state index >= 15 is 0 Å². The number of primary amides is 1. The molecule has 0 unspecified atom stereocenters. The Morgan fingerprint density at radius 1 is 1.53 bits per heavy atom. The standard InChI is InChI=1S/C12H19N3O2/c1-12(2,7-10(13)16)14-8-9-5-4-6-11(15-9)17-3/h4-6,14H,7-8H2,1-3H3,(H2,13,16). The van der Waals surface area contributed by atoms with Crippen LogP contribution in [0.4, 0.5) is 0 Å². The SMILES string of the molecule is COc1cccc(CNC(C)(C)CC(N)=O)n1. The van der Waals surface area contributed by atoms with Crippen molar-refractivity contribution in [2.45, 2.75) is 32.4 Å². The zero-order valence-corrected chi connectivity index (χ0v) is 10.5. The summed E-state index contributed by atoms with van der Waals surface area (Å²) in [5, 5.41) is 3.24. The first-order valence-corrected chi connectivity index (χ1v) is 5.46. The predicted octanol–water partition coefficient (Wildman–Crippen LogP) is 0.834. The molecule has 94 valence electrons. The lowest BCUT2D eigenvalue weighted by molar-refractivity contribution is -0.119. The first-order valence-electron chi connectivity index (χ1n) is 5.46. The monoisotopic (exact) mass is 237 g/mol. The summed E-state index contributed by atoms with van der Waals surface area (Å²) < 4.78 is 5.04. The van der Waals surface area contributed by atoms with E-state index < -0.39 is 0 Å². The number of carbonyl (C=O) groups is 1. The number of rotatable bonds is 6. The quantitative estimate of drug-likeness (QED) is 0.768. The molecule has 1 aromatic rings. The molecule has 0 bridgehead atoms. The van der Waals surface area contributed by atoms with Crippen molar-refractivity contribution in [3.63, 3.8) is 0 Å². The molecular weight excluding hydrogens is 218 g/mol. The van der Waals surface area contributed by atoms with Gasteiger partial charge in [0.25, 0.3) is 0 Å². The van der Waals surface area contributed by atoms with Crippen LogP contribution in [0.3, 0.4) is 0 Å². The highest BCUT2D eigenvalue weighted by Gasteiger charge is 2.19. The summed E-state index contributed by atoms with van der Waals surface area (Å²) in [5.41, 5.74) is 5.70. The average Bonchev–Trinajstić information content (AvgIpc) is 2.25. The Kier molecular flexibility index (Phi) is 4.45. The number of pyridine rings is 1. The van der Waals surface area contributed by atoms with E-state index in [1.54, 1.807) is 13.2 Å². The van der Waals surface area contributed by atoms with E-state index in [0.717, 1.165) is 5.69 Å². The fourth-order valence-electron chi connectivity index (χ4n) is 1.50. The number of ether oxygens (including phenoxy) is 1. The second-order valence-electron chi connectivity index (χ2n) is 4.55. The maximum absolute atomic E-state index is 10.9. The summed E-state index contributed by atoms with van der Waals surface area (Å²) in [6.45, 7) is 4.42. The predicted molar refractivity (Wildman–Crippen MR) is 65.5 cm³/mol. The Morgan fingerprint density at radius 3 is 2.82 bits per heavy atom. The van der Waals surface area contributed by atoms with Gasteiger partial charge in [-0.15, -0.1) is 0 Å². The summed E-state index contributed by atoms with van der Waals surface area (Å²) in [6, 6.07) is 5.57. The zero-order valence-electron chi connectivity index (χ0n) is 10.5. The van der Waals surface area contributed by atoms with Crippen molar-refractivity contribution in [2.75, 3.05) is 7.11 Å². The Hall–Kier alpha value is -1.62. The molecule has 0 aliphatic heterocycles. The Bertz CT molecular complexity index is 391. The number of nitrogens with one attached hydrogen (secondary N) is 1. The number of amides is 1. The molecule has 3 N–H and O–H groups in total. The van der Waals surface area contributed by atoms with Gasteiger partial charge in [-0.2, -0.15) is 0 Å². The summed E-state index contributed by atoms with van der Waals surface area (Å²) in [4.78, 5) is 15.1. The maximum Gasteiger partial charge on any atom is 0.219 e. The van der Waals surface area contributed by atoms with Crippen LogP contribution in [0.25, 0.3) is 0 Å². The van der Waals surface area contributed by atoms with Crippen molar-refractivity contribution < 1.29 is 9.53 Å². The summed E-state index contributed by atoms with van der Waals surface area (Å²) >= 11 is 0. The summed E-state index contributed by atoms with van der Waals surface area (Å²) in [6.07, 6.45) is 0.289. The van der Waals surface area contributed by atoms with Crippen LogP contribution in [0.5, 0.6) is 5.88 Å². The van der Waals surface area contributed by atoms with Crippen LogP contribution >= 0.6 is 0 Å². The summed E-state index contributed by atoms with van der Waals surface area (Å²) in [5.74, 6) is 0.262. The van der Waals surface area contributed by atoms with E-state index in [2.05, 4.69) is 10.3 Å². The van der Waals surface area contributed by atoms with Gasteiger partial charge in [-0.3, -0.25) is 4.79 Å². The fraction of sp³-hybridized carbons (Fsp3) is 0.500. The van der Waals surface area contributed by atoms with Crippen LogP contribution in [0.15, 0.2) is 18.2 Å². The molecule has 1 amide bonds. The van der Waals surface area contributed by atoms with Crippen molar-refractivity contribution >= 4 is 5.91 Å². The van der Waals surface area contributed by atoms with Crippen LogP contribution in [0.2, 0.25) is 0 Å². The number of carbonyl (C=O) groups excluding carboxylic acids is 1. The van der Waals surface area contributed by atoms with Crippen LogP contribution in [0.1, 0.15) is 26.0 Å². The molecule has 1 rings (SSSR count). The molecule has 1 aromatic heterocycles. The molecule has 0 aliphatic carbocycles. The van der Waals surface area contributed by atoms with Crippen LogP contribution in [-0.2, 0) is 11.3 Å². The molecule has 0 radical (unpaired) electrons. The third-order valence-electron chi connectivity index (χ3n) is 2.35. The second kappa shape index (κ2) is 5.63. The van der Waals surface area contributed by atoms with Crippen molar-refractivity contribution in [3.05, 3.63) is 23.9 Å². The lowest BCUT2D eigenvalue weighted by Crippen LogP contribution is -2.42. The van der Waals surface area contributed by atoms with Gasteiger partial charge in [-0.25, -0.2) is 4.98 Å². The molecule has 5 nitrogen and oxygen atoms in total. The Morgan fingerprint density at radius 2 is 2.24 bits per heavy atom. The number of nitrogens with zero attached hydrogens (tertiary/aromatic N) is 1. The van der Waals surface area contributed by atoms with Crippen LogP contribution in [-0.4, -0.2) is 23.5 Å². The molecule has 1 heterocycles. The Balaban J connectivity index is 2.57. The third kappa shape index (κ3) is 4.82. The fourth-order valence-corrected chi connectivity index (χ4v) is 1.50. The minimum absolute atomic E-state index is 0.289. The Labute approximate surface area is 101 Å². The lowest BCUT2D eigenvalue weighted by Gasteiger charge is -2.24. The zero-order chi connectivity index (χ0) is 12.9. The number of hydrogen-bond donors (Lipinski definition) is 2. The molecule has 0 spiro atoms. The van der Waals surface area contributed by atoms with Gasteiger partial charge >= 0.3 is 0 Å². The highest BCUT2D eigenvalue weighted by atomic mass is 16.5. The molecular formula is C12H19N3O2. The van der Waals surface area contributed by atoms with Gasteiger partial charge in [0.1, 0.15) is 0 Å². The normalized spacial score (nSPS) is 11.2. The van der Waals surface area contributed by atoms with Crippen LogP contribution in [0, 0.1) is 0 Å². The van der Waals surface area contributed by atoms with Gasteiger partial charge in [0.15, 0.2) is 0 Å². The molecule has 0 fully saturated rings. The van der Waals surface area contributed by atoms with Gasteiger partial charge in [0.2, 0.25) is 11.8 Å². The second-order valence-corrected chi connectivity index (χ2v) is 4.55. The van der Waals surface area contributed by atoms with Gasteiger partial charge in [-0.05, 0) is 19.9 Å². The topological polar surface area (TPSA) is 77.2 Å².